The lowest BCUT2D eigenvalue weighted by Gasteiger charge is -2.31. The van der Waals surface area contributed by atoms with E-state index in [1.54, 1.807) is 0 Å². The molecular formula is C12H25NO2. The predicted molar refractivity (Wildman–Crippen MR) is 62.0 cm³/mol. The summed E-state index contributed by atoms with van der Waals surface area (Å²) < 4.78 is 10.8. The second kappa shape index (κ2) is 5.83. The fraction of sp³-hybridized carbons (Fsp3) is 1.00. The Kier molecular flexibility index (Phi) is 5.03. The standard InChI is InChI=1S/C12H25NO2/c1-10(2)5-13-8-12(3,4)9-15-11-6-14-7-11/h10-11,13H,5-9H2,1-4H3. The van der Waals surface area contributed by atoms with Crippen LogP contribution in [-0.4, -0.2) is 39.0 Å². The van der Waals surface area contributed by atoms with Crippen molar-refractivity contribution in [3.8, 4) is 0 Å². The molecule has 1 fully saturated rings. The molecule has 0 spiro atoms. The molecule has 15 heavy (non-hydrogen) atoms. The average Bonchev–Trinajstić information content (AvgIpc) is 1.99. The number of ether oxygens (including phenoxy) is 2. The van der Waals surface area contributed by atoms with Crippen LogP contribution in [0.5, 0.6) is 0 Å². The molecule has 0 unspecified atom stereocenters. The third-order valence-electron chi connectivity index (χ3n) is 2.47. The van der Waals surface area contributed by atoms with Gasteiger partial charge in [0.05, 0.1) is 19.8 Å². The number of rotatable bonds is 7. The summed E-state index contributed by atoms with van der Waals surface area (Å²) in [6, 6.07) is 0. The van der Waals surface area contributed by atoms with E-state index in [4.69, 9.17) is 9.47 Å². The van der Waals surface area contributed by atoms with E-state index >= 15 is 0 Å². The molecule has 0 atom stereocenters. The molecule has 3 heteroatoms. The minimum absolute atomic E-state index is 0.213. The van der Waals surface area contributed by atoms with Crippen molar-refractivity contribution in [1.82, 2.24) is 5.32 Å². The van der Waals surface area contributed by atoms with Gasteiger partial charge in [-0.05, 0) is 12.5 Å². The highest BCUT2D eigenvalue weighted by molar-refractivity contribution is 4.74. The van der Waals surface area contributed by atoms with E-state index in [0.717, 1.165) is 32.9 Å². The fourth-order valence-corrected chi connectivity index (χ4v) is 1.40. The zero-order valence-corrected chi connectivity index (χ0v) is 10.5. The minimum Gasteiger partial charge on any atom is -0.376 e. The summed E-state index contributed by atoms with van der Waals surface area (Å²) in [6.45, 7) is 13.4. The minimum atomic E-state index is 0.213. The first-order chi connectivity index (χ1) is 6.99. The van der Waals surface area contributed by atoms with Crippen LogP contribution in [0.1, 0.15) is 27.7 Å². The molecule has 1 N–H and O–H groups in total. The lowest BCUT2D eigenvalue weighted by Crippen LogP contribution is -2.41. The van der Waals surface area contributed by atoms with Gasteiger partial charge in [-0.15, -0.1) is 0 Å². The van der Waals surface area contributed by atoms with Crippen molar-refractivity contribution in [2.45, 2.75) is 33.8 Å². The van der Waals surface area contributed by atoms with Crippen LogP contribution in [0, 0.1) is 11.3 Å². The molecule has 3 nitrogen and oxygen atoms in total. The van der Waals surface area contributed by atoms with E-state index in [0.29, 0.717) is 12.0 Å². The second-order valence-electron chi connectivity index (χ2n) is 5.66. The van der Waals surface area contributed by atoms with Crippen LogP contribution in [0.15, 0.2) is 0 Å². The summed E-state index contributed by atoms with van der Waals surface area (Å²) in [7, 11) is 0. The highest BCUT2D eigenvalue weighted by Crippen LogP contribution is 2.17. The average molecular weight is 215 g/mol. The molecule has 0 bridgehead atoms. The van der Waals surface area contributed by atoms with Crippen molar-refractivity contribution >= 4 is 0 Å². The highest BCUT2D eigenvalue weighted by atomic mass is 16.6. The van der Waals surface area contributed by atoms with E-state index in [9.17, 15) is 0 Å². The van der Waals surface area contributed by atoms with Crippen LogP contribution in [0.2, 0.25) is 0 Å². The van der Waals surface area contributed by atoms with Gasteiger partial charge in [0.25, 0.3) is 0 Å². The quantitative estimate of drug-likeness (QED) is 0.701. The second-order valence-corrected chi connectivity index (χ2v) is 5.66. The van der Waals surface area contributed by atoms with Crippen LogP contribution in [0.25, 0.3) is 0 Å². The molecule has 0 amide bonds. The van der Waals surface area contributed by atoms with Gasteiger partial charge in [-0.1, -0.05) is 27.7 Å². The molecule has 0 saturated carbocycles. The van der Waals surface area contributed by atoms with Crippen LogP contribution in [0.3, 0.4) is 0 Å². The molecule has 90 valence electrons. The molecule has 1 heterocycles. The molecule has 0 aromatic rings. The molecule has 1 aliphatic heterocycles. The van der Waals surface area contributed by atoms with E-state index in [-0.39, 0.29) is 5.41 Å². The van der Waals surface area contributed by atoms with Gasteiger partial charge in [0.2, 0.25) is 0 Å². The zero-order valence-electron chi connectivity index (χ0n) is 10.5. The largest absolute Gasteiger partial charge is 0.376 e. The predicted octanol–water partition coefficient (Wildman–Crippen LogP) is 1.67. The van der Waals surface area contributed by atoms with Crippen LogP contribution >= 0.6 is 0 Å². The Morgan fingerprint density at radius 2 is 2.07 bits per heavy atom. The maximum Gasteiger partial charge on any atom is 0.104 e. The van der Waals surface area contributed by atoms with Crippen molar-refractivity contribution < 1.29 is 9.47 Å². The first-order valence-electron chi connectivity index (χ1n) is 5.90. The number of hydrogen-bond donors (Lipinski definition) is 1. The van der Waals surface area contributed by atoms with E-state index in [1.165, 1.54) is 0 Å². The summed E-state index contributed by atoms with van der Waals surface area (Å²) in [6.07, 6.45) is 0.342. The Bertz CT molecular complexity index is 176. The summed E-state index contributed by atoms with van der Waals surface area (Å²) >= 11 is 0. The lowest BCUT2D eigenvalue weighted by molar-refractivity contribution is -0.143. The Balaban J connectivity index is 2.07. The van der Waals surface area contributed by atoms with Gasteiger partial charge in [-0.3, -0.25) is 0 Å². The Morgan fingerprint density at radius 3 is 2.53 bits per heavy atom. The summed E-state index contributed by atoms with van der Waals surface area (Å²) in [4.78, 5) is 0. The lowest BCUT2D eigenvalue weighted by atomic mass is 9.94. The van der Waals surface area contributed by atoms with Crippen molar-refractivity contribution in [2.24, 2.45) is 11.3 Å². The molecular weight excluding hydrogens is 190 g/mol. The fourth-order valence-electron chi connectivity index (χ4n) is 1.40. The van der Waals surface area contributed by atoms with Crippen molar-refractivity contribution in [3.63, 3.8) is 0 Å². The summed E-state index contributed by atoms with van der Waals surface area (Å²) in [5, 5.41) is 3.47. The zero-order chi connectivity index (χ0) is 11.3. The first-order valence-corrected chi connectivity index (χ1v) is 5.90. The molecule has 0 aromatic heterocycles. The summed E-state index contributed by atoms with van der Waals surface area (Å²) in [5.74, 6) is 0.710. The van der Waals surface area contributed by atoms with E-state index < -0.39 is 0 Å². The monoisotopic (exact) mass is 215 g/mol. The Morgan fingerprint density at radius 1 is 1.40 bits per heavy atom. The van der Waals surface area contributed by atoms with Crippen molar-refractivity contribution in [3.05, 3.63) is 0 Å². The molecule has 1 rings (SSSR count). The van der Waals surface area contributed by atoms with Crippen LogP contribution in [0.4, 0.5) is 0 Å². The third kappa shape index (κ3) is 5.50. The molecule has 0 radical (unpaired) electrons. The molecule has 0 aromatic carbocycles. The number of hydrogen-bond acceptors (Lipinski definition) is 3. The van der Waals surface area contributed by atoms with Gasteiger partial charge < -0.3 is 14.8 Å². The molecule has 1 saturated heterocycles. The van der Waals surface area contributed by atoms with E-state index in [2.05, 4.69) is 33.0 Å². The van der Waals surface area contributed by atoms with Gasteiger partial charge in [0.1, 0.15) is 6.10 Å². The van der Waals surface area contributed by atoms with E-state index in [1.807, 2.05) is 0 Å². The molecule has 1 aliphatic rings. The van der Waals surface area contributed by atoms with Crippen molar-refractivity contribution in [1.29, 1.82) is 0 Å². The Hall–Kier alpha value is -0.120. The maximum absolute atomic E-state index is 5.74. The normalized spacial score (nSPS) is 18.2. The first kappa shape index (κ1) is 12.9. The van der Waals surface area contributed by atoms with Crippen LogP contribution < -0.4 is 5.32 Å². The smallest absolute Gasteiger partial charge is 0.104 e. The van der Waals surface area contributed by atoms with Gasteiger partial charge >= 0.3 is 0 Å². The van der Waals surface area contributed by atoms with Gasteiger partial charge in [-0.25, -0.2) is 0 Å². The highest BCUT2D eigenvalue weighted by Gasteiger charge is 2.24. The van der Waals surface area contributed by atoms with Gasteiger partial charge in [0.15, 0.2) is 0 Å². The van der Waals surface area contributed by atoms with Crippen LogP contribution in [-0.2, 0) is 9.47 Å². The van der Waals surface area contributed by atoms with Gasteiger partial charge in [-0.2, -0.15) is 0 Å². The van der Waals surface area contributed by atoms with Gasteiger partial charge in [0, 0.05) is 12.0 Å². The summed E-state index contributed by atoms with van der Waals surface area (Å²) in [5.41, 5.74) is 0.213. The topological polar surface area (TPSA) is 30.5 Å². The Labute approximate surface area is 93.5 Å². The third-order valence-corrected chi connectivity index (χ3v) is 2.47. The maximum atomic E-state index is 5.74. The SMILES string of the molecule is CC(C)CNCC(C)(C)COC1COC1. The van der Waals surface area contributed by atoms with Crippen molar-refractivity contribution in [2.75, 3.05) is 32.9 Å². The number of nitrogens with one attached hydrogen (secondary N) is 1. The molecule has 0 aliphatic carbocycles.